The largest absolute Gasteiger partial charge is 0.478 e. The van der Waals surface area contributed by atoms with E-state index in [2.05, 4.69) is 0 Å². The van der Waals surface area contributed by atoms with Gasteiger partial charge in [-0.2, -0.15) is 0 Å². The molecule has 0 spiro atoms. The Hall–Kier alpha value is -0.670. The average Bonchev–Trinajstić information content (AvgIpc) is 2.73. The molecule has 1 fully saturated rings. The SMILES string of the molecule is O=C(O)c1ccc(SC2CCCC2)c(Cl)c1. The second kappa shape index (κ2) is 5.11. The molecule has 1 aliphatic rings. The van der Waals surface area contributed by atoms with Crippen molar-refractivity contribution in [3.8, 4) is 0 Å². The van der Waals surface area contributed by atoms with Crippen molar-refractivity contribution in [2.45, 2.75) is 35.8 Å². The van der Waals surface area contributed by atoms with Crippen molar-refractivity contribution in [1.29, 1.82) is 0 Å². The van der Waals surface area contributed by atoms with E-state index in [9.17, 15) is 4.79 Å². The standard InChI is InChI=1S/C12H13ClO2S/c13-10-7-8(12(14)15)5-6-11(10)16-9-3-1-2-4-9/h5-7,9H,1-4H2,(H,14,15). The summed E-state index contributed by atoms with van der Waals surface area (Å²) in [5.74, 6) is -0.931. The third-order valence-corrected chi connectivity index (χ3v) is 4.61. The van der Waals surface area contributed by atoms with Gasteiger partial charge in [-0.05, 0) is 31.0 Å². The number of hydrogen-bond acceptors (Lipinski definition) is 2. The molecule has 2 rings (SSSR count). The lowest BCUT2D eigenvalue weighted by Gasteiger charge is -2.10. The summed E-state index contributed by atoms with van der Waals surface area (Å²) in [5, 5.41) is 10.0. The van der Waals surface area contributed by atoms with Gasteiger partial charge >= 0.3 is 5.97 Å². The van der Waals surface area contributed by atoms with Crippen LogP contribution in [0.4, 0.5) is 0 Å². The molecule has 1 saturated carbocycles. The highest BCUT2D eigenvalue weighted by Gasteiger charge is 2.17. The van der Waals surface area contributed by atoms with Gasteiger partial charge in [0.1, 0.15) is 0 Å². The Morgan fingerprint density at radius 3 is 2.62 bits per heavy atom. The number of thioether (sulfide) groups is 1. The Balaban J connectivity index is 2.12. The molecule has 1 N–H and O–H groups in total. The minimum Gasteiger partial charge on any atom is -0.478 e. The van der Waals surface area contributed by atoms with E-state index in [-0.39, 0.29) is 5.56 Å². The van der Waals surface area contributed by atoms with Crippen molar-refractivity contribution in [2.75, 3.05) is 0 Å². The molecule has 1 aromatic carbocycles. The van der Waals surface area contributed by atoms with Crippen LogP contribution in [0.1, 0.15) is 36.0 Å². The molecule has 0 bridgehead atoms. The molecule has 1 aromatic rings. The van der Waals surface area contributed by atoms with E-state index in [4.69, 9.17) is 16.7 Å². The van der Waals surface area contributed by atoms with Crippen molar-refractivity contribution < 1.29 is 9.90 Å². The molecular weight excluding hydrogens is 244 g/mol. The molecule has 0 aliphatic heterocycles. The molecule has 0 aromatic heterocycles. The van der Waals surface area contributed by atoms with E-state index < -0.39 is 5.97 Å². The van der Waals surface area contributed by atoms with Crippen molar-refractivity contribution in [2.24, 2.45) is 0 Å². The molecule has 2 nitrogen and oxygen atoms in total. The maximum absolute atomic E-state index is 10.7. The van der Waals surface area contributed by atoms with E-state index in [1.807, 2.05) is 6.07 Å². The Bertz CT molecular complexity index is 400. The maximum Gasteiger partial charge on any atom is 0.335 e. The number of hydrogen-bond donors (Lipinski definition) is 1. The highest BCUT2D eigenvalue weighted by molar-refractivity contribution is 8.00. The summed E-state index contributed by atoms with van der Waals surface area (Å²) in [7, 11) is 0. The van der Waals surface area contributed by atoms with E-state index in [1.165, 1.54) is 31.7 Å². The Morgan fingerprint density at radius 2 is 2.06 bits per heavy atom. The number of carboxylic acid groups (broad SMARTS) is 1. The molecule has 0 unspecified atom stereocenters. The van der Waals surface area contributed by atoms with Gasteiger partial charge in [-0.3, -0.25) is 0 Å². The number of carboxylic acids is 1. The van der Waals surface area contributed by atoms with Gasteiger partial charge in [0, 0.05) is 10.1 Å². The van der Waals surface area contributed by atoms with E-state index >= 15 is 0 Å². The lowest BCUT2D eigenvalue weighted by Crippen LogP contribution is -1.97. The van der Waals surface area contributed by atoms with Crippen LogP contribution in [0.25, 0.3) is 0 Å². The van der Waals surface area contributed by atoms with Crippen LogP contribution in [0.5, 0.6) is 0 Å². The monoisotopic (exact) mass is 256 g/mol. The smallest absolute Gasteiger partial charge is 0.335 e. The maximum atomic E-state index is 10.7. The molecule has 0 atom stereocenters. The third-order valence-electron chi connectivity index (χ3n) is 2.77. The topological polar surface area (TPSA) is 37.3 Å². The highest BCUT2D eigenvalue weighted by Crippen LogP contribution is 2.38. The summed E-state index contributed by atoms with van der Waals surface area (Å²) in [4.78, 5) is 11.7. The fourth-order valence-electron chi connectivity index (χ4n) is 1.92. The van der Waals surface area contributed by atoms with Gasteiger partial charge in [0.15, 0.2) is 0 Å². The fourth-order valence-corrected chi connectivity index (χ4v) is 3.48. The first kappa shape index (κ1) is 11.8. The first-order chi connectivity index (χ1) is 7.66. The quantitative estimate of drug-likeness (QED) is 0.886. The number of halogens is 1. The lowest BCUT2D eigenvalue weighted by atomic mass is 10.2. The zero-order valence-corrected chi connectivity index (χ0v) is 10.4. The van der Waals surface area contributed by atoms with Crippen LogP contribution in [-0.4, -0.2) is 16.3 Å². The molecule has 4 heteroatoms. The molecular formula is C12H13ClO2S. The summed E-state index contributed by atoms with van der Waals surface area (Å²) in [6.45, 7) is 0. The number of carbonyl (C=O) groups is 1. The zero-order valence-electron chi connectivity index (χ0n) is 8.78. The molecule has 1 aliphatic carbocycles. The number of aromatic carboxylic acids is 1. The van der Waals surface area contributed by atoms with Crippen LogP contribution < -0.4 is 0 Å². The molecule has 86 valence electrons. The van der Waals surface area contributed by atoms with Crippen LogP contribution >= 0.6 is 23.4 Å². The zero-order chi connectivity index (χ0) is 11.5. The summed E-state index contributed by atoms with van der Waals surface area (Å²) in [6.07, 6.45) is 5.06. The normalized spacial score (nSPS) is 16.6. The fraction of sp³-hybridized carbons (Fsp3) is 0.417. The number of benzene rings is 1. The summed E-state index contributed by atoms with van der Waals surface area (Å²) in [5.41, 5.74) is 0.251. The van der Waals surface area contributed by atoms with E-state index in [0.717, 1.165) is 4.90 Å². The van der Waals surface area contributed by atoms with Gasteiger partial charge < -0.3 is 5.11 Å². The van der Waals surface area contributed by atoms with Crippen LogP contribution in [-0.2, 0) is 0 Å². The first-order valence-corrected chi connectivity index (χ1v) is 6.62. The first-order valence-electron chi connectivity index (χ1n) is 5.36. The molecule has 0 radical (unpaired) electrons. The van der Waals surface area contributed by atoms with Gasteiger partial charge in [0.05, 0.1) is 10.6 Å². The summed E-state index contributed by atoms with van der Waals surface area (Å²) < 4.78 is 0. The lowest BCUT2D eigenvalue weighted by molar-refractivity contribution is 0.0697. The minimum atomic E-state index is -0.931. The van der Waals surface area contributed by atoms with Crippen LogP contribution in [0.3, 0.4) is 0 Å². The highest BCUT2D eigenvalue weighted by atomic mass is 35.5. The Labute approximate surface area is 104 Å². The van der Waals surface area contributed by atoms with Gasteiger partial charge in [-0.1, -0.05) is 24.4 Å². The van der Waals surface area contributed by atoms with Gasteiger partial charge in [0.25, 0.3) is 0 Å². The Morgan fingerprint density at radius 1 is 1.38 bits per heavy atom. The van der Waals surface area contributed by atoms with Crippen molar-refractivity contribution in [1.82, 2.24) is 0 Å². The van der Waals surface area contributed by atoms with Crippen LogP contribution in [0.15, 0.2) is 23.1 Å². The van der Waals surface area contributed by atoms with Gasteiger partial charge in [0.2, 0.25) is 0 Å². The second-order valence-corrected chi connectivity index (χ2v) is 5.72. The van der Waals surface area contributed by atoms with Gasteiger partial charge in [-0.25, -0.2) is 4.79 Å². The van der Waals surface area contributed by atoms with E-state index in [0.29, 0.717) is 10.3 Å². The second-order valence-electron chi connectivity index (χ2n) is 3.97. The van der Waals surface area contributed by atoms with E-state index in [1.54, 1.807) is 17.8 Å². The third kappa shape index (κ3) is 2.71. The predicted molar refractivity (Wildman–Crippen MR) is 66.5 cm³/mol. The predicted octanol–water partition coefficient (Wildman–Crippen LogP) is 4.07. The minimum absolute atomic E-state index is 0.251. The summed E-state index contributed by atoms with van der Waals surface area (Å²) >= 11 is 7.84. The number of rotatable bonds is 3. The van der Waals surface area contributed by atoms with Crippen molar-refractivity contribution in [3.63, 3.8) is 0 Å². The van der Waals surface area contributed by atoms with Crippen LogP contribution in [0.2, 0.25) is 5.02 Å². The van der Waals surface area contributed by atoms with Crippen LogP contribution in [0, 0.1) is 0 Å². The molecule has 0 heterocycles. The molecule has 0 amide bonds. The van der Waals surface area contributed by atoms with Crippen molar-refractivity contribution in [3.05, 3.63) is 28.8 Å². The molecule has 0 saturated heterocycles. The summed E-state index contributed by atoms with van der Waals surface area (Å²) in [6, 6.07) is 4.96. The van der Waals surface area contributed by atoms with Gasteiger partial charge in [-0.15, -0.1) is 11.8 Å². The average molecular weight is 257 g/mol. The van der Waals surface area contributed by atoms with Crippen molar-refractivity contribution >= 4 is 29.3 Å². The Kier molecular flexibility index (Phi) is 3.77. The molecule has 16 heavy (non-hydrogen) atoms.